The van der Waals surface area contributed by atoms with E-state index in [1.54, 1.807) is 0 Å². The van der Waals surface area contributed by atoms with Gasteiger partial charge < -0.3 is 10.4 Å². The fourth-order valence-corrected chi connectivity index (χ4v) is 1.83. The van der Waals surface area contributed by atoms with Crippen LogP contribution in [0.25, 0.3) is 0 Å². The fraction of sp³-hybridized carbons (Fsp3) is 0.500. The predicted octanol–water partition coefficient (Wildman–Crippen LogP) is 2.19. The van der Waals surface area contributed by atoms with E-state index >= 15 is 0 Å². The molecule has 0 aromatic heterocycles. The van der Waals surface area contributed by atoms with E-state index in [0.29, 0.717) is 12.0 Å². The predicted molar refractivity (Wildman–Crippen MR) is 69.2 cm³/mol. The molecule has 0 spiro atoms. The summed E-state index contributed by atoms with van der Waals surface area (Å²) in [6.45, 7) is 7.83. The lowest BCUT2D eigenvalue weighted by atomic mass is 10.00. The van der Waals surface area contributed by atoms with Gasteiger partial charge in [-0.05, 0) is 46.2 Å². The van der Waals surface area contributed by atoms with Crippen molar-refractivity contribution in [1.29, 1.82) is 0 Å². The third-order valence-electron chi connectivity index (χ3n) is 2.67. The summed E-state index contributed by atoms with van der Waals surface area (Å²) in [7, 11) is 0. The zero-order valence-electron chi connectivity index (χ0n) is 11.0. The van der Waals surface area contributed by atoms with E-state index in [0.717, 1.165) is 11.1 Å². The molecule has 2 N–H and O–H groups in total. The highest BCUT2D eigenvalue weighted by molar-refractivity contribution is 5.95. The molecule has 0 aliphatic rings. The van der Waals surface area contributed by atoms with Crippen LogP contribution in [-0.2, 0) is 0 Å². The van der Waals surface area contributed by atoms with Crippen molar-refractivity contribution in [2.45, 2.75) is 39.7 Å². The number of hydrogen-bond donors (Lipinski definition) is 2. The van der Waals surface area contributed by atoms with Crippen LogP contribution >= 0.6 is 0 Å². The Morgan fingerprint density at radius 2 is 1.76 bits per heavy atom. The first-order chi connectivity index (χ1) is 7.84. The molecule has 0 heterocycles. The molecule has 3 nitrogen and oxygen atoms in total. The Morgan fingerprint density at radius 1 is 1.24 bits per heavy atom. The number of aliphatic hydroxyl groups excluding tert-OH is 1. The van der Waals surface area contributed by atoms with Gasteiger partial charge in [0.25, 0.3) is 5.91 Å². The van der Waals surface area contributed by atoms with Gasteiger partial charge in [0.15, 0.2) is 0 Å². The van der Waals surface area contributed by atoms with Crippen LogP contribution in [0.1, 0.15) is 41.8 Å². The van der Waals surface area contributed by atoms with Crippen molar-refractivity contribution in [2.24, 2.45) is 0 Å². The van der Waals surface area contributed by atoms with Crippen molar-refractivity contribution in [1.82, 2.24) is 5.32 Å². The summed E-state index contributed by atoms with van der Waals surface area (Å²) in [4.78, 5) is 12.0. The molecule has 1 aromatic carbocycles. The van der Waals surface area contributed by atoms with Gasteiger partial charge in [-0.1, -0.05) is 17.2 Å². The standard InChI is InChI=1S/C14H21NO2/c1-10-7-11(2)9-12(8-10)13(17)15-14(3,4)5-6-16/h7-9,16H,5-6H2,1-4H3,(H,15,17). The smallest absolute Gasteiger partial charge is 0.251 e. The minimum absolute atomic E-state index is 0.0696. The van der Waals surface area contributed by atoms with E-state index in [1.807, 2.05) is 45.9 Å². The van der Waals surface area contributed by atoms with Crippen molar-refractivity contribution in [2.75, 3.05) is 6.61 Å². The Labute approximate surface area is 103 Å². The van der Waals surface area contributed by atoms with Gasteiger partial charge in [0, 0.05) is 17.7 Å². The highest BCUT2D eigenvalue weighted by atomic mass is 16.3. The minimum Gasteiger partial charge on any atom is -0.396 e. The number of aryl methyl sites for hydroxylation is 2. The summed E-state index contributed by atoms with van der Waals surface area (Å²) in [5.41, 5.74) is 2.45. The highest BCUT2D eigenvalue weighted by Crippen LogP contribution is 2.12. The summed E-state index contributed by atoms with van der Waals surface area (Å²) >= 11 is 0. The molecule has 0 aliphatic heterocycles. The van der Waals surface area contributed by atoms with Crippen molar-refractivity contribution in [3.05, 3.63) is 34.9 Å². The molecule has 94 valence electrons. The number of nitrogens with one attached hydrogen (secondary N) is 1. The zero-order chi connectivity index (χ0) is 13.1. The van der Waals surface area contributed by atoms with Crippen LogP contribution in [-0.4, -0.2) is 23.2 Å². The van der Waals surface area contributed by atoms with E-state index in [9.17, 15) is 4.79 Å². The first kappa shape index (κ1) is 13.7. The zero-order valence-corrected chi connectivity index (χ0v) is 11.0. The summed E-state index contributed by atoms with van der Waals surface area (Å²) < 4.78 is 0. The molecule has 1 rings (SSSR count). The Hall–Kier alpha value is -1.35. The van der Waals surface area contributed by atoms with Crippen molar-refractivity contribution in [3.8, 4) is 0 Å². The third kappa shape index (κ3) is 4.19. The highest BCUT2D eigenvalue weighted by Gasteiger charge is 2.20. The van der Waals surface area contributed by atoms with Gasteiger partial charge in [0.05, 0.1) is 0 Å². The van der Waals surface area contributed by atoms with Gasteiger partial charge >= 0.3 is 0 Å². The Bertz CT molecular complexity index is 390. The van der Waals surface area contributed by atoms with Gasteiger partial charge in [-0.3, -0.25) is 4.79 Å². The Morgan fingerprint density at radius 3 is 2.24 bits per heavy atom. The van der Waals surface area contributed by atoms with E-state index < -0.39 is 0 Å². The fourth-order valence-electron chi connectivity index (χ4n) is 1.83. The Kier molecular flexibility index (Phi) is 4.29. The molecule has 1 amide bonds. The van der Waals surface area contributed by atoms with E-state index in [2.05, 4.69) is 5.32 Å². The van der Waals surface area contributed by atoms with Crippen molar-refractivity contribution in [3.63, 3.8) is 0 Å². The van der Waals surface area contributed by atoms with Gasteiger partial charge in [-0.15, -0.1) is 0 Å². The molecular weight excluding hydrogens is 214 g/mol. The van der Waals surface area contributed by atoms with Crippen LogP contribution in [0.3, 0.4) is 0 Å². The molecule has 0 radical (unpaired) electrons. The minimum atomic E-state index is -0.385. The Balaban J connectivity index is 2.83. The van der Waals surface area contributed by atoms with Crippen LogP contribution < -0.4 is 5.32 Å². The van der Waals surface area contributed by atoms with Crippen LogP contribution in [0.4, 0.5) is 0 Å². The molecule has 1 aromatic rings. The first-order valence-corrected chi connectivity index (χ1v) is 5.86. The quantitative estimate of drug-likeness (QED) is 0.840. The lowest BCUT2D eigenvalue weighted by molar-refractivity contribution is 0.0899. The van der Waals surface area contributed by atoms with Crippen LogP contribution in [0, 0.1) is 13.8 Å². The second-order valence-corrected chi connectivity index (χ2v) is 5.19. The second kappa shape index (κ2) is 5.32. The van der Waals surface area contributed by atoms with E-state index in [1.165, 1.54) is 0 Å². The molecule has 0 unspecified atom stereocenters. The van der Waals surface area contributed by atoms with Crippen LogP contribution in [0.5, 0.6) is 0 Å². The molecule has 0 saturated carbocycles. The molecule has 3 heteroatoms. The molecule has 0 bridgehead atoms. The summed E-state index contributed by atoms with van der Waals surface area (Å²) in [6, 6.07) is 5.78. The molecule has 17 heavy (non-hydrogen) atoms. The van der Waals surface area contributed by atoms with E-state index in [4.69, 9.17) is 5.11 Å². The average molecular weight is 235 g/mol. The normalized spacial score (nSPS) is 11.4. The van der Waals surface area contributed by atoms with Crippen LogP contribution in [0.15, 0.2) is 18.2 Å². The molecular formula is C14H21NO2. The summed E-state index contributed by atoms with van der Waals surface area (Å²) in [5.74, 6) is -0.0877. The number of aliphatic hydroxyl groups is 1. The van der Waals surface area contributed by atoms with Gasteiger partial charge in [0.1, 0.15) is 0 Å². The number of amides is 1. The lowest BCUT2D eigenvalue weighted by Crippen LogP contribution is -2.44. The number of hydrogen-bond acceptors (Lipinski definition) is 2. The van der Waals surface area contributed by atoms with E-state index in [-0.39, 0.29) is 18.1 Å². The molecule has 0 aliphatic carbocycles. The topological polar surface area (TPSA) is 49.3 Å². The maximum absolute atomic E-state index is 12.0. The number of benzene rings is 1. The third-order valence-corrected chi connectivity index (χ3v) is 2.67. The van der Waals surface area contributed by atoms with Gasteiger partial charge in [-0.25, -0.2) is 0 Å². The monoisotopic (exact) mass is 235 g/mol. The maximum atomic E-state index is 12.0. The molecule has 0 saturated heterocycles. The largest absolute Gasteiger partial charge is 0.396 e. The van der Waals surface area contributed by atoms with Crippen molar-refractivity contribution < 1.29 is 9.90 Å². The summed E-state index contributed by atoms with van der Waals surface area (Å²) in [5, 5.41) is 11.9. The number of rotatable bonds is 4. The van der Waals surface area contributed by atoms with Crippen LogP contribution in [0.2, 0.25) is 0 Å². The lowest BCUT2D eigenvalue weighted by Gasteiger charge is -2.25. The second-order valence-electron chi connectivity index (χ2n) is 5.19. The van der Waals surface area contributed by atoms with Crippen molar-refractivity contribution >= 4 is 5.91 Å². The maximum Gasteiger partial charge on any atom is 0.251 e. The van der Waals surface area contributed by atoms with Gasteiger partial charge in [-0.2, -0.15) is 0 Å². The first-order valence-electron chi connectivity index (χ1n) is 5.86. The molecule has 0 fully saturated rings. The average Bonchev–Trinajstić information content (AvgIpc) is 2.14. The van der Waals surface area contributed by atoms with Gasteiger partial charge in [0.2, 0.25) is 0 Å². The molecule has 0 atom stereocenters. The summed E-state index contributed by atoms with van der Waals surface area (Å²) in [6.07, 6.45) is 0.545. The SMILES string of the molecule is Cc1cc(C)cc(C(=O)NC(C)(C)CCO)c1. The number of carbonyl (C=O) groups is 1. The number of carbonyl (C=O) groups excluding carboxylic acids is 1.